The normalized spacial score (nSPS) is 22.9. The van der Waals surface area contributed by atoms with Gasteiger partial charge in [0.15, 0.2) is 0 Å². The van der Waals surface area contributed by atoms with Crippen LogP contribution >= 0.6 is 0 Å². The summed E-state index contributed by atoms with van der Waals surface area (Å²) in [7, 11) is -1.67. The summed E-state index contributed by atoms with van der Waals surface area (Å²) in [4.78, 5) is 2.63. The van der Waals surface area contributed by atoms with Crippen LogP contribution in [0.2, 0.25) is 0 Å². The van der Waals surface area contributed by atoms with Crippen LogP contribution in [0.3, 0.4) is 0 Å². The van der Waals surface area contributed by atoms with Gasteiger partial charge in [-0.1, -0.05) is 0 Å². The van der Waals surface area contributed by atoms with Crippen LogP contribution in [0.4, 0.5) is 4.39 Å². The zero-order chi connectivity index (χ0) is 21.7. The molecule has 164 valence electrons. The van der Waals surface area contributed by atoms with E-state index in [9.17, 15) is 12.8 Å². The number of rotatable bonds is 4. The fourth-order valence-electron chi connectivity index (χ4n) is 4.97. The summed E-state index contributed by atoms with van der Waals surface area (Å²) >= 11 is 0. The Morgan fingerprint density at radius 2 is 1.93 bits per heavy atom. The SMILES string of the molecule is Cc1cc(S(=O)(=O)N2CCC3(CC2)CN(C(C)C)CC3c2nncn2C)ccc1F. The van der Waals surface area contributed by atoms with E-state index in [1.807, 2.05) is 11.6 Å². The van der Waals surface area contributed by atoms with Gasteiger partial charge in [-0.15, -0.1) is 10.2 Å². The first kappa shape index (κ1) is 21.4. The quantitative estimate of drug-likeness (QED) is 0.738. The molecule has 1 atom stereocenters. The van der Waals surface area contributed by atoms with Crippen molar-refractivity contribution in [1.29, 1.82) is 0 Å². The summed E-state index contributed by atoms with van der Waals surface area (Å²) < 4.78 is 43.5. The Kier molecular flexibility index (Phi) is 5.48. The standard InChI is InChI=1S/C21H30FN5O2S/c1-15(2)26-12-18(20-24-23-14-25(20)4)21(13-26)7-9-27(10-8-21)30(28,29)17-5-6-19(22)16(3)11-17/h5-6,11,14-15,18H,7-10,12-13H2,1-4H3. The smallest absolute Gasteiger partial charge is 0.243 e. The summed E-state index contributed by atoms with van der Waals surface area (Å²) in [6.45, 7) is 8.74. The minimum atomic E-state index is -3.64. The molecule has 0 aliphatic carbocycles. The number of aryl methyl sites for hydroxylation is 2. The van der Waals surface area contributed by atoms with Gasteiger partial charge >= 0.3 is 0 Å². The van der Waals surface area contributed by atoms with Crippen LogP contribution in [0.25, 0.3) is 0 Å². The molecule has 7 nitrogen and oxygen atoms in total. The first-order valence-electron chi connectivity index (χ1n) is 10.5. The molecular formula is C21H30FN5O2S. The Morgan fingerprint density at radius 3 is 2.50 bits per heavy atom. The number of benzene rings is 1. The zero-order valence-electron chi connectivity index (χ0n) is 18.0. The van der Waals surface area contributed by atoms with E-state index in [1.165, 1.54) is 18.2 Å². The molecule has 3 heterocycles. The van der Waals surface area contributed by atoms with Crippen LogP contribution in [0.1, 0.15) is 44.0 Å². The predicted octanol–water partition coefficient (Wildman–Crippen LogP) is 2.54. The van der Waals surface area contributed by atoms with Gasteiger partial charge in [0, 0.05) is 45.2 Å². The Morgan fingerprint density at radius 1 is 1.23 bits per heavy atom. The van der Waals surface area contributed by atoms with Gasteiger partial charge < -0.3 is 4.57 Å². The Balaban J connectivity index is 1.58. The van der Waals surface area contributed by atoms with Gasteiger partial charge in [-0.05, 0) is 62.8 Å². The molecule has 1 aromatic heterocycles. The summed E-state index contributed by atoms with van der Waals surface area (Å²) in [5, 5.41) is 8.47. The average Bonchev–Trinajstić information content (AvgIpc) is 3.28. The van der Waals surface area contributed by atoms with Crippen molar-refractivity contribution in [2.75, 3.05) is 26.2 Å². The van der Waals surface area contributed by atoms with E-state index >= 15 is 0 Å². The lowest BCUT2D eigenvalue weighted by Gasteiger charge is -2.42. The van der Waals surface area contributed by atoms with Crippen molar-refractivity contribution in [2.45, 2.75) is 50.5 Å². The summed E-state index contributed by atoms with van der Waals surface area (Å²) in [6.07, 6.45) is 3.28. The van der Waals surface area contributed by atoms with Crippen molar-refractivity contribution in [3.05, 3.63) is 41.7 Å². The molecule has 0 amide bonds. The monoisotopic (exact) mass is 435 g/mol. The molecule has 1 spiro atoms. The van der Waals surface area contributed by atoms with Crippen LogP contribution < -0.4 is 0 Å². The highest BCUT2D eigenvalue weighted by molar-refractivity contribution is 7.89. The third-order valence-electron chi connectivity index (χ3n) is 6.95. The van der Waals surface area contributed by atoms with Crippen molar-refractivity contribution in [3.8, 4) is 0 Å². The van der Waals surface area contributed by atoms with Gasteiger partial charge in [0.1, 0.15) is 18.0 Å². The molecule has 30 heavy (non-hydrogen) atoms. The van der Waals surface area contributed by atoms with E-state index in [4.69, 9.17) is 0 Å². The topological polar surface area (TPSA) is 71.3 Å². The number of sulfonamides is 1. The molecule has 1 aromatic carbocycles. The summed E-state index contributed by atoms with van der Waals surface area (Å²) in [6, 6.07) is 4.44. The van der Waals surface area contributed by atoms with E-state index < -0.39 is 15.8 Å². The maximum atomic E-state index is 13.6. The van der Waals surface area contributed by atoms with Gasteiger partial charge in [-0.25, -0.2) is 12.8 Å². The number of aromatic nitrogens is 3. The molecule has 2 aliphatic heterocycles. The summed E-state index contributed by atoms with van der Waals surface area (Å²) in [5.74, 6) is 0.812. The molecule has 2 saturated heterocycles. The molecule has 4 rings (SSSR count). The minimum absolute atomic E-state index is 0.0181. The third kappa shape index (κ3) is 3.56. The largest absolute Gasteiger partial charge is 0.320 e. The average molecular weight is 436 g/mol. The Labute approximate surface area is 177 Å². The first-order valence-corrected chi connectivity index (χ1v) is 11.9. The second-order valence-electron chi connectivity index (χ2n) is 9.05. The number of hydrogen-bond acceptors (Lipinski definition) is 5. The Hall–Kier alpha value is -1.84. The lowest BCUT2D eigenvalue weighted by Crippen LogP contribution is -2.46. The number of nitrogens with zero attached hydrogens (tertiary/aromatic N) is 5. The van der Waals surface area contributed by atoms with Crippen molar-refractivity contribution >= 4 is 10.0 Å². The molecule has 0 saturated carbocycles. The molecular weight excluding hydrogens is 405 g/mol. The molecule has 1 unspecified atom stereocenters. The van der Waals surface area contributed by atoms with E-state index in [0.29, 0.717) is 24.7 Å². The number of likely N-dealkylation sites (tertiary alicyclic amines) is 1. The number of piperidine rings is 1. The lowest BCUT2D eigenvalue weighted by atomic mass is 9.71. The Bertz CT molecular complexity index is 1030. The van der Waals surface area contributed by atoms with Gasteiger partial charge in [0.05, 0.1) is 4.90 Å². The van der Waals surface area contributed by atoms with Crippen LogP contribution in [-0.4, -0.2) is 64.6 Å². The third-order valence-corrected chi connectivity index (χ3v) is 8.84. The highest BCUT2D eigenvalue weighted by Gasteiger charge is 2.51. The summed E-state index contributed by atoms with van der Waals surface area (Å²) in [5.41, 5.74) is 0.325. The van der Waals surface area contributed by atoms with Gasteiger partial charge in [-0.2, -0.15) is 4.31 Å². The fraction of sp³-hybridized carbons (Fsp3) is 0.619. The number of hydrogen-bond donors (Lipinski definition) is 0. The molecule has 0 radical (unpaired) electrons. The second-order valence-corrected chi connectivity index (χ2v) is 11.0. The van der Waals surface area contributed by atoms with Crippen molar-refractivity contribution in [3.63, 3.8) is 0 Å². The fourth-order valence-corrected chi connectivity index (χ4v) is 6.50. The van der Waals surface area contributed by atoms with Gasteiger partial charge in [-0.3, -0.25) is 4.90 Å². The van der Waals surface area contributed by atoms with Crippen molar-refractivity contribution in [1.82, 2.24) is 24.0 Å². The van der Waals surface area contributed by atoms with E-state index in [-0.39, 0.29) is 16.2 Å². The second kappa shape index (κ2) is 7.69. The molecule has 2 fully saturated rings. The maximum Gasteiger partial charge on any atom is 0.243 e. The molecule has 0 N–H and O–H groups in total. The van der Waals surface area contributed by atoms with E-state index in [0.717, 1.165) is 31.8 Å². The number of halogens is 1. The van der Waals surface area contributed by atoms with Crippen LogP contribution in [0.5, 0.6) is 0 Å². The minimum Gasteiger partial charge on any atom is -0.320 e. The predicted molar refractivity (Wildman–Crippen MR) is 112 cm³/mol. The lowest BCUT2D eigenvalue weighted by molar-refractivity contribution is 0.131. The highest BCUT2D eigenvalue weighted by atomic mass is 32.2. The van der Waals surface area contributed by atoms with Crippen LogP contribution in [0.15, 0.2) is 29.4 Å². The molecule has 2 aromatic rings. The molecule has 2 aliphatic rings. The van der Waals surface area contributed by atoms with Crippen molar-refractivity contribution < 1.29 is 12.8 Å². The zero-order valence-corrected chi connectivity index (χ0v) is 18.9. The van der Waals surface area contributed by atoms with Crippen LogP contribution in [0, 0.1) is 18.2 Å². The first-order chi connectivity index (χ1) is 14.1. The van der Waals surface area contributed by atoms with Crippen molar-refractivity contribution in [2.24, 2.45) is 12.5 Å². The maximum absolute atomic E-state index is 13.6. The van der Waals surface area contributed by atoms with E-state index in [1.54, 1.807) is 17.6 Å². The van der Waals surface area contributed by atoms with Gasteiger partial charge in [0.2, 0.25) is 10.0 Å². The van der Waals surface area contributed by atoms with Crippen LogP contribution in [-0.2, 0) is 17.1 Å². The van der Waals surface area contributed by atoms with E-state index in [2.05, 4.69) is 28.9 Å². The molecule has 0 bridgehead atoms. The highest BCUT2D eigenvalue weighted by Crippen LogP contribution is 2.50. The van der Waals surface area contributed by atoms with Gasteiger partial charge in [0.25, 0.3) is 0 Å². The molecule has 9 heteroatoms.